The summed E-state index contributed by atoms with van der Waals surface area (Å²) in [6.45, 7) is 4.25. The van der Waals surface area contributed by atoms with Crippen LogP contribution in [0.4, 0.5) is 0 Å². The highest BCUT2D eigenvalue weighted by Gasteiger charge is 1.95. The first kappa shape index (κ1) is 11.4. The summed E-state index contributed by atoms with van der Waals surface area (Å²) in [6.07, 6.45) is 0.746. The van der Waals surface area contributed by atoms with Crippen molar-refractivity contribution in [3.05, 3.63) is 0 Å². The lowest BCUT2D eigenvalue weighted by atomic mass is 10.3. The topological polar surface area (TPSA) is 55.8 Å². The molecule has 0 rings (SSSR count). The molecule has 0 fully saturated rings. The van der Waals surface area contributed by atoms with Crippen molar-refractivity contribution in [1.29, 1.82) is 0 Å². The Labute approximate surface area is 72.5 Å². The molecule has 0 aromatic rings. The van der Waals surface area contributed by atoms with Crippen LogP contribution < -0.4 is 0 Å². The Morgan fingerprint density at radius 2 is 1.92 bits per heavy atom. The van der Waals surface area contributed by atoms with Crippen molar-refractivity contribution < 1.29 is 19.4 Å². The molecule has 0 saturated heterocycles. The molecule has 0 bridgehead atoms. The van der Waals surface area contributed by atoms with Gasteiger partial charge in [-0.05, 0) is 13.3 Å². The molecule has 0 atom stereocenters. The second-order valence-electron chi connectivity index (χ2n) is 2.31. The number of carboxylic acid groups (broad SMARTS) is 1. The first-order valence-corrected chi connectivity index (χ1v) is 4.14. The minimum absolute atomic E-state index is 0.175. The van der Waals surface area contributed by atoms with Crippen molar-refractivity contribution in [1.82, 2.24) is 0 Å². The molecular weight excluding hydrogens is 160 g/mol. The second kappa shape index (κ2) is 8.49. The predicted molar refractivity (Wildman–Crippen MR) is 44.2 cm³/mol. The molecule has 72 valence electrons. The number of ether oxygens (including phenoxy) is 2. The van der Waals surface area contributed by atoms with Crippen LogP contribution in [0, 0.1) is 0 Å². The quantitative estimate of drug-likeness (QED) is 0.558. The van der Waals surface area contributed by atoms with Crippen molar-refractivity contribution in [2.45, 2.75) is 19.8 Å². The van der Waals surface area contributed by atoms with E-state index in [1.54, 1.807) is 0 Å². The summed E-state index contributed by atoms with van der Waals surface area (Å²) in [7, 11) is 0. The molecular formula is C8H16O4. The summed E-state index contributed by atoms with van der Waals surface area (Å²) in [6, 6.07) is 0. The largest absolute Gasteiger partial charge is 0.481 e. The number of rotatable bonds is 8. The second-order valence-corrected chi connectivity index (χ2v) is 2.31. The predicted octanol–water partition coefficient (Wildman–Crippen LogP) is 0.904. The van der Waals surface area contributed by atoms with Gasteiger partial charge in [-0.2, -0.15) is 0 Å². The molecule has 0 spiro atoms. The fraction of sp³-hybridized carbons (Fsp3) is 0.875. The fourth-order valence-corrected chi connectivity index (χ4v) is 0.690. The standard InChI is InChI=1S/C8H16O4/c1-2-11-6-7-12-5-3-4-8(9)10/h2-7H2,1H3,(H,9,10). The Morgan fingerprint density at radius 3 is 2.50 bits per heavy atom. The van der Waals surface area contributed by atoms with Crippen molar-refractivity contribution in [2.24, 2.45) is 0 Å². The van der Waals surface area contributed by atoms with Gasteiger partial charge in [0.1, 0.15) is 0 Å². The Bertz CT molecular complexity index is 114. The van der Waals surface area contributed by atoms with Crippen LogP contribution in [-0.2, 0) is 14.3 Å². The lowest BCUT2D eigenvalue weighted by Crippen LogP contribution is -2.06. The highest BCUT2D eigenvalue weighted by atomic mass is 16.5. The van der Waals surface area contributed by atoms with Gasteiger partial charge in [0.2, 0.25) is 0 Å². The minimum atomic E-state index is -0.775. The minimum Gasteiger partial charge on any atom is -0.481 e. The molecule has 12 heavy (non-hydrogen) atoms. The van der Waals surface area contributed by atoms with E-state index in [2.05, 4.69) is 0 Å². The van der Waals surface area contributed by atoms with Gasteiger partial charge in [0.25, 0.3) is 0 Å². The molecule has 0 unspecified atom stereocenters. The van der Waals surface area contributed by atoms with E-state index < -0.39 is 5.97 Å². The number of hydrogen-bond acceptors (Lipinski definition) is 3. The van der Waals surface area contributed by atoms with Crippen LogP contribution in [0.1, 0.15) is 19.8 Å². The Hall–Kier alpha value is -0.610. The molecule has 1 N–H and O–H groups in total. The fourth-order valence-electron chi connectivity index (χ4n) is 0.690. The molecule has 4 heteroatoms. The van der Waals surface area contributed by atoms with Gasteiger partial charge >= 0.3 is 5.97 Å². The Morgan fingerprint density at radius 1 is 1.25 bits per heavy atom. The lowest BCUT2D eigenvalue weighted by molar-refractivity contribution is -0.137. The summed E-state index contributed by atoms with van der Waals surface area (Å²) in [4.78, 5) is 10.1. The third-order valence-electron chi connectivity index (χ3n) is 1.26. The van der Waals surface area contributed by atoms with Crippen molar-refractivity contribution in [3.8, 4) is 0 Å². The number of hydrogen-bond donors (Lipinski definition) is 1. The van der Waals surface area contributed by atoms with Gasteiger partial charge < -0.3 is 14.6 Å². The summed E-state index contributed by atoms with van der Waals surface area (Å²) in [5, 5.41) is 8.27. The van der Waals surface area contributed by atoms with E-state index in [0.717, 1.165) is 0 Å². The van der Waals surface area contributed by atoms with E-state index in [-0.39, 0.29) is 6.42 Å². The van der Waals surface area contributed by atoms with Gasteiger partial charge in [-0.15, -0.1) is 0 Å². The van der Waals surface area contributed by atoms with Crippen molar-refractivity contribution in [3.63, 3.8) is 0 Å². The van der Waals surface area contributed by atoms with Crippen LogP contribution in [0.2, 0.25) is 0 Å². The van der Waals surface area contributed by atoms with E-state index >= 15 is 0 Å². The molecule has 0 aliphatic carbocycles. The lowest BCUT2D eigenvalue weighted by Gasteiger charge is -2.02. The maximum atomic E-state index is 10.1. The summed E-state index contributed by atoms with van der Waals surface area (Å²) in [5.41, 5.74) is 0. The van der Waals surface area contributed by atoms with Crippen LogP contribution in [-0.4, -0.2) is 37.5 Å². The molecule has 0 radical (unpaired) electrons. The molecule has 0 aromatic heterocycles. The SMILES string of the molecule is CCOCCOCCCC(=O)O. The number of carbonyl (C=O) groups is 1. The van der Waals surface area contributed by atoms with Crippen LogP contribution >= 0.6 is 0 Å². The molecule has 0 amide bonds. The first-order chi connectivity index (χ1) is 5.77. The van der Waals surface area contributed by atoms with Gasteiger partial charge in [-0.3, -0.25) is 4.79 Å². The maximum absolute atomic E-state index is 10.1. The van der Waals surface area contributed by atoms with Crippen LogP contribution in [0.25, 0.3) is 0 Å². The zero-order chi connectivity index (χ0) is 9.23. The zero-order valence-corrected chi connectivity index (χ0v) is 7.41. The van der Waals surface area contributed by atoms with E-state index in [1.165, 1.54) is 0 Å². The highest BCUT2D eigenvalue weighted by molar-refractivity contribution is 5.66. The normalized spacial score (nSPS) is 10.1. The maximum Gasteiger partial charge on any atom is 0.303 e. The number of carboxylic acids is 1. The van der Waals surface area contributed by atoms with E-state index in [1.807, 2.05) is 6.92 Å². The van der Waals surface area contributed by atoms with Crippen molar-refractivity contribution >= 4 is 5.97 Å². The van der Waals surface area contributed by atoms with E-state index in [4.69, 9.17) is 14.6 Å². The van der Waals surface area contributed by atoms with Crippen molar-refractivity contribution in [2.75, 3.05) is 26.4 Å². The summed E-state index contributed by atoms with van der Waals surface area (Å²) in [5.74, 6) is -0.775. The molecule has 0 saturated carbocycles. The van der Waals surface area contributed by atoms with Crippen LogP contribution in [0.5, 0.6) is 0 Å². The Kier molecular flexibility index (Phi) is 8.05. The smallest absolute Gasteiger partial charge is 0.303 e. The summed E-state index contributed by atoms with van der Waals surface area (Å²) < 4.78 is 10.1. The van der Waals surface area contributed by atoms with Gasteiger partial charge in [-0.1, -0.05) is 0 Å². The summed E-state index contributed by atoms with van der Waals surface area (Å²) >= 11 is 0. The Balaban J connectivity index is 2.86. The van der Waals surface area contributed by atoms with E-state index in [9.17, 15) is 4.79 Å². The van der Waals surface area contributed by atoms with Gasteiger partial charge in [0, 0.05) is 19.6 Å². The highest BCUT2D eigenvalue weighted by Crippen LogP contribution is 1.89. The molecule has 0 aliphatic heterocycles. The van der Waals surface area contributed by atoms with Crippen LogP contribution in [0.15, 0.2) is 0 Å². The monoisotopic (exact) mass is 176 g/mol. The molecule has 0 aromatic carbocycles. The molecule has 0 heterocycles. The van der Waals surface area contributed by atoms with Gasteiger partial charge in [0.05, 0.1) is 13.2 Å². The third kappa shape index (κ3) is 9.39. The van der Waals surface area contributed by atoms with E-state index in [0.29, 0.717) is 32.8 Å². The average molecular weight is 176 g/mol. The van der Waals surface area contributed by atoms with Gasteiger partial charge in [0.15, 0.2) is 0 Å². The molecule has 4 nitrogen and oxygen atoms in total. The number of aliphatic carboxylic acids is 1. The third-order valence-corrected chi connectivity index (χ3v) is 1.26. The average Bonchev–Trinajstić information content (AvgIpc) is 2.02. The first-order valence-electron chi connectivity index (χ1n) is 4.14. The van der Waals surface area contributed by atoms with Gasteiger partial charge in [-0.25, -0.2) is 0 Å². The van der Waals surface area contributed by atoms with Crippen LogP contribution in [0.3, 0.4) is 0 Å². The molecule has 0 aliphatic rings. The zero-order valence-electron chi connectivity index (χ0n) is 7.41.